The Hall–Kier alpha value is -2.95. The molecule has 0 amide bonds. The maximum absolute atomic E-state index is 10.9. The molecule has 18 heavy (non-hydrogen) atoms. The molecule has 0 aliphatic rings. The number of rotatable bonds is 2. The summed E-state index contributed by atoms with van der Waals surface area (Å²) in [6.07, 6.45) is 0. The van der Waals surface area contributed by atoms with Gasteiger partial charge in [-0.05, 0) is 6.07 Å². The fourth-order valence-electron chi connectivity index (χ4n) is 1.46. The first-order chi connectivity index (χ1) is 8.52. The van der Waals surface area contributed by atoms with Crippen molar-refractivity contribution in [1.82, 2.24) is 9.94 Å². The van der Waals surface area contributed by atoms with Crippen LogP contribution in [-0.2, 0) is 4.79 Å². The standard InChI is InChI=1S/C10H6N4O4/c1-6(15)18-13-10-4-7(14(16)17)2-3-8(10)9(5-11)12-13/h2-4H,1H3. The van der Waals surface area contributed by atoms with Gasteiger partial charge in [-0.2, -0.15) is 5.26 Å². The Morgan fingerprint density at radius 1 is 1.61 bits per heavy atom. The van der Waals surface area contributed by atoms with E-state index in [2.05, 4.69) is 5.10 Å². The second kappa shape index (κ2) is 4.14. The van der Waals surface area contributed by atoms with Crippen LogP contribution in [0.1, 0.15) is 12.6 Å². The fourth-order valence-corrected chi connectivity index (χ4v) is 1.46. The van der Waals surface area contributed by atoms with E-state index in [-0.39, 0.29) is 16.9 Å². The van der Waals surface area contributed by atoms with Crippen molar-refractivity contribution in [3.8, 4) is 6.07 Å². The highest BCUT2D eigenvalue weighted by atomic mass is 16.7. The van der Waals surface area contributed by atoms with Gasteiger partial charge >= 0.3 is 5.97 Å². The highest BCUT2D eigenvalue weighted by Crippen LogP contribution is 2.22. The second-order valence-electron chi connectivity index (χ2n) is 3.37. The number of nitro benzene ring substituents is 1. The van der Waals surface area contributed by atoms with Gasteiger partial charge in [-0.1, -0.05) is 4.85 Å². The normalized spacial score (nSPS) is 10.0. The van der Waals surface area contributed by atoms with Gasteiger partial charge in [-0.15, -0.1) is 5.10 Å². The van der Waals surface area contributed by atoms with Gasteiger partial charge in [0.2, 0.25) is 0 Å². The molecule has 0 aliphatic heterocycles. The number of carbonyl (C=O) groups excluding carboxylic acids is 1. The van der Waals surface area contributed by atoms with E-state index in [4.69, 9.17) is 10.1 Å². The lowest BCUT2D eigenvalue weighted by atomic mass is 10.2. The Morgan fingerprint density at radius 2 is 2.33 bits per heavy atom. The minimum Gasteiger partial charge on any atom is -0.319 e. The smallest absolute Gasteiger partial charge is 0.319 e. The topological polar surface area (TPSA) is 111 Å². The van der Waals surface area contributed by atoms with E-state index < -0.39 is 10.9 Å². The molecule has 0 N–H and O–H groups in total. The van der Waals surface area contributed by atoms with Gasteiger partial charge in [-0.3, -0.25) is 10.1 Å². The molecule has 0 saturated carbocycles. The molecule has 0 saturated heterocycles. The molecule has 0 radical (unpaired) electrons. The van der Waals surface area contributed by atoms with E-state index in [0.29, 0.717) is 5.39 Å². The van der Waals surface area contributed by atoms with Crippen molar-refractivity contribution in [2.24, 2.45) is 0 Å². The Balaban J connectivity index is 2.70. The molecule has 1 aromatic heterocycles. The van der Waals surface area contributed by atoms with E-state index in [1.807, 2.05) is 6.07 Å². The van der Waals surface area contributed by atoms with E-state index in [1.54, 1.807) is 0 Å². The summed E-state index contributed by atoms with van der Waals surface area (Å²) in [4.78, 5) is 26.5. The lowest BCUT2D eigenvalue weighted by Gasteiger charge is -2.00. The molecular weight excluding hydrogens is 240 g/mol. The van der Waals surface area contributed by atoms with Crippen LogP contribution >= 0.6 is 0 Å². The SMILES string of the molecule is CC(=O)On1nc(C#N)c2ccc([N+](=O)[O-])cc21. The number of fused-ring (bicyclic) bond motifs is 1. The van der Waals surface area contributed by atoms with E-state index in [9.17, 15) is 14.9 Å². The lowest BCUT2D eigenvalue weighted by molar-refractivity contribution is -0.384. The number of hydrogen-bond donors (Lipinski definition) is 0. The molecule has 0 spiro atoms. The molecule has 0 bridgehead atoms. The first kappa shape index (κ1) is 11.5. The third kappa shape index (κ3) is 1.84. The second-order valence-corrected chi connectivity index (χ2v) is 3.37. The van der Waals surface area contributed by atoms with Crippen LogP contribution < -0.4 is 4.84 Å². The molecule has 0 atom stereocenters. The summed E-state index contributed by atoms with van der Waals surface area (Å²) in [6, 6.07) is 5.65. The van der Waals surface area contributed by atoms with Crippen LogP contribution in [0.25, 0.3) is 10.9 Å². The zero-order valence-corrected chi connectivity index (χ0v) is 9.15. The van der Waals surface area contributed by atoms with Crippen molar-refractivity contribution in [3.63, 3.8) is 0 Å². The van der Waals surface area contributed by atoms with Gasteiger partial charge in [0.25, 0.3) is 5.69 Å². The Morgan fingerprint density at radius 3 is 2.89 bits per heavy atom. The fraction of sp³-hybridized carbons (Fsp3) is 0.100. The van der Waals surface area contributed by atoms with Gasteiger partial charge in [-0.25, -0.2) is 4.79 Å². The molecule has 0 aliphatic carbocycles. The number of nitriles is 1. The molecule has 8 heteroatoms. The number of benzene rings is 1. The third-order valence-corrected chi connectivity index (χ3v) is 2.17. The lowest BCUT2D eigenvalue weighted by Crippen LogP contribution is -2.17. The van der Waals surface area contributed by atoms with Crippen LogP contribution in [0.15, 0.2) is 18.2 Å². The van der Waals surface area contributed by atoms with Crippen LogP contribution in [0.3, 0.4) is 0 Å². The monoisotopic (exact) mass is 246 g/mol. The van der Waals surface area contributed by atoms with Crippen molar-refractivity contribution < 1.29 is 14.6 Å². The largest absolute Gasteiger partial charge is 0.331 e. The van der Waals surface area contributed by atoms with Crippen LogP contribution in [-0.4, -0.2) is 20.8 Å². The summed E-state index contributed by atoms with van der Waals surface area (Å²) >= 11 is 0. The van der Waals surface area contributed by atoms with Gasteiger partial charge in [0.15, 0.2) is 5.69 Å². The summed E-state index contributed by atoms with van der Waals surface area (Å²) in [7, 11) is 0. The zero-order chi connectivity index (χ0) is 13.3. The minimum atomic E-state index is -0.643. The Bertz CT molecular complexity index is 698. The van der Waals surface area contributed by atoms with E-state index in [1.165, 1.54) is 18.2 Å². The zero-order valence-electron chi connectivity index (χ0n) is 9.15. The molecular formula is C10H6N4O4. The van der Waals surface area contributed by atoms with Gasteiger partial charge in [0.05, 0.1) is 4.92 Å². The maximum Gasteiger partial charge on any atom is 0.331 e. The average molecular weight is 246 g/mol. The van der Waals surface area contributed by atoms with Crippen molar-refractivity contribution in [3.05, 3.63) is 34.0 Å². The van der Waals surface area contributed by atoms with Crippen molar-refractivity contribution >= 4 is 22.6 Å². The molecule has 2 rings (SSSR count). The number of non-ortho nitro benzene ring substituents is 1. The molecule has 1 aromatic carbocycles. The minimum absolute atomic E-state index is 0.0288. The summed E-state index contributed by atoms with van der Waals surface area (Å²) < 4.78 is 0. The molecule has 2 aromatic rings. The summed E-state index contributed by atoms with van der Waals surface area (Å²) in [5, 5.41) is 23.6. The number of aromatic nitrogens is 2. The first-order valence-corrected chi connectivity index (χ1v) is 4.79. The van der Waals surface area contributed by atoms with Crippen LogP contribution in [0.2, 0.25) is 0 Å². The average Bonchev–Trinajstić information content (AvgIpc) is 2.66. The van der Waals surface area contributed by atoms with Crippen LogP contribution in [0.5, 0.6) is 0 Å². The van der Waals surface area contributed by atoms with E-state index >= 15 is 0 Å². The van der Waals surface area contributed by atoms with Crippen molar-refractivity contribution in [1.29, 1.82) is 5.26 Å². The molecule has 1 heterocycles. The summed E-state index contributed by atoms with van der Waals surface area (Å²) in [5.41, 5.74) is 0.0392. The molecule has 8 nitrogen and oxygen atoms in total. The first-order valence-electron chi connectivity index (χ1n) is 4.79. The highest BCUT2D eigenvalue weighted by Gasteiger charge is 2.16. The van der Waals surface area contributed by atoms with Crippen LogP contribution in [0, 0.1) is 21.4 Å². The van der Waals surface area contributed by atoms with Crippen LogP contribution in [0.4, 0.5) is 5.69 Å². The quantitative estimate of drug-likeness (QED) is 0.572. The summed E-state index contributed by atoms with van der Waals surface area (Å²) in [5.74, 6) is -0.643. The predicted octanol–water partition coefficient (Wildman–Crippen LogP) is 0.791. The van der Waals surface area contributed by atoms with Gasteiger partial charge in [0.1, 0.15) is 11.6 Å². The molecule has 90 valence electrons. The van der Waals surface area contributed by atoms with Gasteiger partial charge in [0, 0.05) is 24.4 Å². The molecule has 0 fully saturated rings. The third-order valence-electron chi connectivity index (χ3n) is 2.17. The number of nitrogens with zero attached hydrogens (tertiary/aromatic N) is 4. The summed E-state index contributed by atoms with van der Waals surface area (Å²) in [6.45, 7) is 1.16. The Kier molecular flexibility index (Phi) is 2.65. The van der Waals surface area contributed by atoms with Crippen molar-refractivity contribution in [2.75, 3.05) is 0 Å². The predicted molar refractivity (Wildman–Crippen MR) is 58.4 cm³/mol. The Labute approximate surface area is 100 Å². The van der Waals surface area contributed by atoms with Gasteiger partial charge < -0.3 is 4.84 Å². The number of carbonyl (C=O) groups is 1. The maximum atomic E-state index is 10.9. The van der Waals surface area contributed by atoms with Crippen molar-refractivity contribution in [2.45, 2.75) is 6.92 Å². The highest BCUT2D eigenvalue weighted by molar-refractivity contribution is 5.86. The number of hydrogen-bond acceptors (Lipinski definition) is 6. The number of nitro groups is 1. The van der Waals surface area contributed by atoms with E-state index in [0.717, 1.165) is 11.8 Å². The molecule has 0 unspecified atom stereocenters.